The average Bonchev–Trinajstić information content (AvgIpc) is 2.20. The quantitative estimate of drug-likeness (QED) is 0.885. The first-order valence-electron chi connectivity index (χ1n) is 6.08. The van der Waals surface area contributed by atoms with Gasteiger partial charge < -0.3 is 10.8 Å². The molecule has 0 radical (unpaired) electrons. The third-order valence-corrected chi connectivity index (χ3v) is 3.57. The molecule has 0 aliphatic heterocycles. The monoisotopic (exact) mass is 289 g/mol. The second-order valence-electron chi connectivity index (χ2n) is 5.81. The molecule has 4 heteroatoms. The molecule has 0 amide bonds. The van der Waals surface area contributed by atoms with Gasteiger partial charge in [-0.15, -0.1) is 0 Å². The maximum Gasteiger partial charge on any atom is 0.0626 e. The Kier molecular flexibility index (Phi) is 5.47. The van der Waals surface area contributed by atoms with Gasteiger partial charge in [0.2, 0.25) is 0 Å². The van der Waals surface area contributed by atoms with E-state index < -0.39 is 6.10 Å². The number of hydrogen-bond donors (Lipinski definition) is 2. The Bertz CT molecular complexity index is 381. The van der Waals surface area contributed by atoms with Gasteiger partial charge in [0.15, 0.2) is 0 Å². The number of halogens is 2. The van der Waals surface area contributed by atoms with E-state index in [1.54, 1.807) is 18.2 Å². The molecule has 2 atom stereocenters. The molecule has 18 heavy (non-hydrogen) atoms. The predicted octanol–water partition coefficient (Wildman–Crippen LogP) is 3.83. The van der Waals surface area contributed by atoms with Crippen molar-refractivity contribution in [3.63, 3.8) is 0 Å². The van der Waals surface area contributed by atoms with Gasteiger partial charge in [-0.1, -0.05) is 50.0 Å². The summed E-state index contributed by atoms with van der Waals surface area (Å²) >= 11 is 12.3. The standard InChI is InChI=1S/C14H21Cl2NO/c1-14(2,3)7-12(18)9(8-17)13-10(15)5-4-6-11(13)16/h4-6,9,12,18H,7-8,17H2,1-3H3. The van der Waals surface area contributed by atoms with Crippen LogP contribution in [0.3, 0.4) is 0 Å². The molecule has 0 aromatic heterocycles. The molecular formula is C14H21Cl2NO. The minimum Gasteiger partial charge on any atom is -0.392 e. The molecule has 3 N–H and O–H groups in total. The fourth-order valence-corrected chi connectivity index (χ4v) is 2.78. The summed E-state index contributed by atoms with van der Waals surface area (Å²) in [6, 6.07) is 5.34. The van der Waals surface area contributed by atoms with Crippen molar-refractivity contribution in [1.82, 2.24) is 0 Å². The van der Waals surface area contributed by atoms with Gasteiger partial charge in [-0.2, -0.15) is 0 Å². The molecule has 0 saturated carbocycles. The lowest BCUT2D eigenvalue weighted by Crippen LogP contribution is -2.30. The molecule has 0 saturated heterocycles. The van der Waals surface area contributed by atoms with Crippen molar-refractivity contribution in [2.24, 2.45) is 11.1 Å². The number of rotatable bonds is 4. The lowest BCUT2D eigenvalue weighted by atomic mass is 9.82. The Labute approximate surface area is 119 Å². The first-order valence-corrected chi connectivity index (χ1v) is 6.84. The largest absolute Gasteiger partial charge is 0.392 e. The van der Waals surface area contributed by atoms with Gasteiger partial charge in [0.25, 0.3) is 0 Å². The molecule has 1 aromatic rings. The van der Waals surface area contributed by atoms with Crippen LogP contribution in [0.5, 0.6) is 0 Å². The summed E-state index contributed by atoms with van der Waals surface area (Å²) < 4.78 is 0. The van der Waals surface area contributed by atoms with Crippen molar-refractivity contribution in [2.45, 2.75) is 39.2 Å². The predicted molar refractivity (Wildman–Crippen MR) is 78.3 cm³/mol. The zero-order valence-corrected chi connectivity index (χ0v) is 12.6. The molecule has 0 heterocycles. The molecule has 0 bridgehead atoms. The van der Waals surface area contributed by atoms with E-state index in [0.717, 1.165) is 5.56 Å². The highest BCUT2D eigenvalue weighted by molar-refractivity contribution is 6.36. The van der Waals surface area contributed by atoms with Gasteiger partial charge in [-0.05, 0) is 29.5 Å². The summed E-state index contributed by atoms with van der Waals surface area (Å²) in [5.74, 6) is -0.231. The fraction of sp³-hybridized carbons (Fsp3) is 0.571. The van der Waals surface area contributed by atoms with Gasteiger partial charge >= 0.3 is 0 Å². The Morgan fingerprint density at radius 2 is 1.72 bits per heavy atom. The van der Waals surface area contributed by atoms with E-state index in [1.807, 2.05) is 0 Å². The Morgan fingerprint density at radius 1 is 1.22 bits per heavy atom. The summed E-state index contributed by atoms with van der Waals surface area (Å²) in [5, 5.41) is 11.5. The molecule has 2 unspecified atom stereocenters. The lowest BCUT2D eigenvalue weighted by molar-refractivity contribution is 0.0972. The summed E-state index contributed by atoms with van der Waals surface area (Å²) in [6.45, 7) is 6.56. The zero-order chi connectivity index (χ0) is 13.9. The van der Waals surface area contributed by atoms with E-state index in [-0.39, 0.29) is 11.3 Å². The molecule has 1 rings (SSSR count). The smallest absolute Gasteiger partial charge is 0.0626 e. The van der Waals surface area contributed by atoms with Crippen molar-refractivity contribution in [1.29, 1.82) is 0 Å². The van der Waals surface area contributed by atoms with Crippen LogP contribution >= 0.6 is 23.2 Å². The molecule has 2 nitrogen and oxygen atoms in total. The van der Waals surface area contributed by atoms with Crippen LogP contribution in [0.2, 0.25) is 10.0 Å². The first-order chi connectivity index (χ1) is 8.26. The van der Waals surface area contributed by atoms with Crippen LogP contribution in [-0.2, 0) is 0 Å². The maximum atomic E-state index is 10.3. The minimum absolute atomic E-state index is 0.0283. The third-order valence-electron chi connectivity index (χ3n) is 2.91. The average molecular weight is 290 g/mol. The molecular weight excluding hydrogens is 269 g/mol. The summed E-state index contributed by atoms with van der Waals surface area (Å²) in [4.78, 5) is 0. The molecule has 0 fully saturated rings. The summed E-state index contributed by atoms with van der Waals surface area (Å²) in [5.41, 5.74) is 6.56. The Morgan fingerprint density at radius 3 is 2.11 bits per heavy atom. The first kappa shape index (κ1) is 15.8. The van der Waals surface area contributed by atoms with Crippen molar-refractivity contribution in [3.8, 4) is 0 Å². The van der Waals surface area contributed by atoms with E-state index in [9.17, 15) is 5.11 Å². The van der Waals surface area contributed by atoms with Crippen LogP contribution < -0.4 is 5.73 Å². The number of nitrogens with two attached hydrogens (primary N) is 1. The number of aliphatic hydroxyl groups excluding tert-OH is 1. The van der Waals surface area contributed by atoms with Crippen LogP contribution in [0.25, 0.3) is 0 Å². The highest BCUT2D eigenvalue weighted by Crippen LogP contribution is 2.36. The fourth-order valence-electron chi connectivity index (χ4n) is 2.10. The molecule has 102 valence electrons. The zero-order valence-electron chi connectivity index (χ0n) is 11.1. The van der Waals surface area contributed by atoms with E-state index in [0.29, 0.717) is 23.0 Å². The van der Waals surface area contributed by atoms with Crippen molar-refractivity contribution >= 4 is 23.2 Å². The highest BCUT2D eigenvalue weighted by Gasteiger charge is 2.27. The third kappa shape index (κ3) is 4.13. The van der Waals surface area contributed by atoms with E-state index in [1.165, 1.54) is 0 Å². The normalized spacial score (nSPS) is 15.5. The topological polar surface area (TPSA) is 46.2 Å². The van der Waals surface area contributed by atoms with Crippen LogP contribution in [0, 0.1) is 5.41 Å². The van der Waals surface area contributed by atoms with Gasteiger partial charge in [-0.3, -0.25) is 0 Å². The van der Waals surface area contributed by atoms with Gasteiger partial charge in [0.1, 0.15) is 0 Å². The Balaban J connectivity index is 3.03. The van der Waals surface area contributed by atoms with Crippen LogP contribution in [0.1, 0.15) is 38.7 Å². The summed E-state index contributed by atoms with van der Waals surface area (Å²) in [6.07, 6.45) is 0.101. The summed E-state index contributed by atoms with van der Waals surface area (Å²) in [7, 11) is 0. The van der Waals surface area contributed by atoms with Crippen molar-refractivity contribution < 1.29 is 5.11 Å². The SMILES string of the molecule is CC(C)(C)CC(O)C(CN)c1c(Cl)cccc1Cl. The van der Waals surface area contributed by atoms with Crippen LogP contribution in [-0.4, -0.2) is 17.8 Å². The van der Waals surface area contributed by atoms with Gasteiger partial charge in [-0.25, -0.2) is 0 Å². The van der Waals surface area contributed by atoms with Gasteiger partial charge in [0, 0.05) is 22.5 Å². The van der Waals surface area contributed by atoms with E-state index >= 15 is 0 Å². The lowest BCUT2D eigenvalue weighted by Gasteiger charge is -2.29. The minimum atomic E-state index is -0.549. The van der Waals surface area contributed by atoms with Crippen molar-refractivity contribution in [3.05, 3.63) is 33.8 Å². The van der Waals surface area contributed by atoms with Crippen LogP contribution in [0.4, 0.5) is 0 Å². The number of aliphatic hydroxyl groups is 1. The second-order valence-corrected chi connectivity index (χ2v) is 6.62. The maximum absolute atomic E-state index is 10.3. The second kappa shape index (κ2) is 6.25. The number of hydrogen-bond acceptors (Lipinski definition) is 2. The van der Waals surface area contributed by atoms with E-state index in [4.69, 9.17) is 28.9 Å². The van der Waals surface area contributed by atoms with Crippen LogP contribution in [0.15, 0.2) is 18.2 Å². The van der Waals surface area contributed by atoms with Crippen molar-refractivity contribution in [2.75, 3.05) is 6.54 Å². The molecule has 1 aromatic carbocycles. The number of benzene rings is 1. The molecule has 0 spiro atoms. The Hall–Kier alpha value is -0.280. The molecule has 0 aliphatic carbocycles. The molecule has 0 aliphatic rings. The van der Waals surface area contributed by atoms with E-state index in [2.05, 4.69) is 20.8 Å². The van der Waals surface area contributed by atoms with Gasteiger partial charge in [0.05, 0.1) is 6.10 Å². The highest BCUT2D eigenvalue weighted by atomic mass is 35.5.